The van der Waals surface area contributed by atoms with E-state index in [9.17, 15) is 13.2 Å². The Labute approximate surface area is 136 Å². The minimum absolute atomic E-state index is 0. The van der Waals surface area contributed by atoms with E-state index in [1.165, 1.54) is 17.1 Å². The lowest BCUT2D eigenvalue weighted by Crippen LogP contribution is -3.00. The molecule has 2 rings (SSSR count). The Morgan fingerprint density at radius 1 is 1.48 bits per heavy atom. The average molecular weight is 394 g/mol. The van der Waals surface area contributed by atoms with Crippen LogP contribution in [0.25, 0.3) is 10.6 Å². The van der Waals surface area contributed by atoms with E-state index < -0.39 is 15.8 Å². The maximum absolute atomic E-state index is 11.9. The molecular weight excluding hydrogens is 382 g/mol. The summed E-state index contributed by atoms with van der Waals surface area (Å²) in [6.45, 7) is 0.203. The van der Waals surface area contributed by atoms with Gasteiger partial charge in [0.2, 0.25) is 0 Å². The van der Waals surface area contributed by atoms with Crippen LogP contribution in [0.15, 0.2) is 29.7 Å². The van der Waals surface area contributed by atoms with Gasteiger partial charge >= 0.3 is 5.97 Å². The fraction of sp³-hybridized carbons (Fsp3) is 0.273. The predicted octanol–water partition coefficient (Wildman–Crippen LogP) is -2.63. The van der Waals surface area contributed by atoms with Gasteiger partial charge in [0.1, 0.15) is 22.7 Å². The Morgan fingerprint density at radius 2 is 2.19 bits per heavy atom. The molecule has 0 saturated carbocycles. The zero-order valence-corrected chi connectivity index (χ0v) is 14.2. The third-order valence-corrected chi connectivity index (χ3v) is 4.38. The van der Waals surface area contributed by atoms with Crippen molar-refractivity contribution in [3.05, 3.63) is 24.8 Å². The Bertz CT molecular complexity index is 732. The van der Waals surface area contributed by atoms with Crippen LogP contribution in [0.4, 0.5) is 0 Å². The predicted molar refractivity (Wildman–Crippen MR) is 70.9 cm³/mol. The first-order valence-electron chi connectivity index (χ1n) is 5.60. The quantitative estimate of drug-likeness (QED) is 0.557. The van der Waals surface area contributed by atoms with Crippen molar-refractivity contribution in [3.8, 4) is 10.6 Å². The highest BCUT2D eigenvalue weighted by Gasteiger charge is 2.21. The van der Waals surface area contributed by atoms with Gasteiger partial charge in [-0.05, 0) is 11.5 Å². The van der Waals surface area contributed by atoms with Crippen molar-refractivity contribution in [1.82, 2.24) is 9.36 Å². The highest BCUT2D eigenvalue weighted by atomic mass is 79.9. The first-order valence-corrected chi connectivity index (χ1v) is 8.26. The molecule has 0 unspecified atom stereocenters. The van der Waals surface area contributed by atoms with Crippen molar-refractivity contribution < 1.29 is 39.9 Å². The minimum Gasteiger partial charge on any atom is -1.00 e. The summed E-state index contributed by atoms with van der Waals surface area (Å²) in [4.78, 5) is 14.7. The van der Waals surface area contributed by atoms with Gasteiger partial charge in [0.25, 0.3) is 0 Å². The van der Waals surface area contributed by atoms with Crippen LogP contribution in [0.5, 0.6) is 0 Å². The third-order valence-electron chi connectivity index (χ3n) is 2.56. The number of rotatable bonds is 5. The standard InChI is InChI=1S/C11H11N3O4S2.BrH/c1-20(17,18)9-6-14(5-3-10(15)16)4-2-8(9)11-12-7-13-19-11;/h2,4,6-7H,3,5H2,1H3;1H. The monoisotopic (exact) mass is 393 g/mol. The molecule has 2 heterocycles. The molecule has 0 saturated heterocycles. The molecule has 7 nitrogen and oxygen atoms in total. The molecule has 0 aliphatic heterocycles. The summed E-state index contributed by atoms with van der Waals surface area (Å²) < 4.78 is 29.1. The highest BCUT2D eigenvalue weighted by Crippen LogP contribution is 2.26. The molecule has 21 heavy (non-hydrogen) atoms. The number of aryl methyl sites for hydroxylation is 1. The first-order chi connectivity index (χ1) is 9.38. The number of pyridine rings is 1. The normalized spacial score (nSPS) is 10.9. The molecule has 2 aromatic rings. The molecule has 0 fully saturated rings. The molecule has 0 aliphatic carbocycles. The van der Waals surface area contributed by atoms with Gasteiger partial charge in [-0.25, -0.2) is 18.0 Å². The molecule has 0 radical (unpaired) electrons. The lowest BCUT2D eigenvalue weighted by atomic mass is 10.3. The summed E-state index contributed by atoms with van der Waals surface area (Å²) in [6, 6.07) is 1.61. The summed E-state index contributed by atoms with van der Waals surface area (Å²) in [7, 11) is -3.45. The fourth-order valence-corrected chi connectivity index (χ4v) is 3.16. The second-order valence-electron chi connectivity index (χ2n) is 4.12. The Morgan fingerprint density at radius 3 is 2.71 bits per heavy atom. The Hall–Kier alpha value is -1.39. The van der Waals surface area contributed by atoms with Gasteiger partial charge in [0, 0.05) is 17.9 Å². The van der Waals surface area contributed by atoms with E-state index in [-0.39, 0.29) is 34.8 Å². The van der Waals surface area contributed by atoms with Gasteiger partial charge in [0.15, 0.2) is 28.8 Å². The van der Waals surface area contributed by atoms with Crippen LogP contribution in [0.1, 0.15) is 6.42 Å². The van der Waals surface area contributed by atoms with E-state index in [4.69, 9.17) is 5.11 Å². The second kappa shape index (κ2) is 7.05. The largest absolute Gasteiger partial charge is 1.00 e. The van der Waals surface area contributed by atoms with E-state index >= 15 is 0 Å². The topological polar surface area (TPSA) is 101 Å². The van der Waals surface area contributed by atoms with E-state index in [2.05, 4.69) is 9.36 Å². The third kappa shape index (κ3) is 4.55. The van der Waals surface area contributed by atoms with Gasteiger partial charge < -0.3 is 22.1 Å². The van der Waals surface area contributed by atoms with Crippen LogP contribution in [0.2, 0.25) is 0 Å². The molecule has 1 N–H and O–H groups in total. The summed E-state index contributed by atoms with van der Waals surface area (Å²) in [5.74, 6) is -0.938. The molecule has 0 aromatic carbocycles. The Balaban J connectivity index is 0.00000220. The summed E-state index contributed by atoms with van der Waals surface area (Å²) in [6.07, 6.45) is 5.45. The van der Waals surface area contributed by atoms with E-state index in [0.717, 1.165) is 17.8 Å². The summed E-state index contributed by atoms with van der Waals surface area (Å²) in [5.41, 5.74) is 0.474. The average Bonchev–Trinajstić information content (AvgIpc) is 2.88. The van der Waals surface area contributed by atoms with Crippen molar-refractivity contribution in [3.63, 3.8) is 0 Å². The number of aliphatic carboxylic acids is 1. The van der Waals surface area contributed by atoms with Crippen LogP contribution in [-0.4, -0.2) is 35.1 Å². The number of nitrogens with zero attached hydrogens (tertiary/aromatic N) is 3. The number of carbonyl (C=O) groups is 1. The van der Waals surface area contributed by atoms with Crippen LogP contribution < -0.4 is 21.5 Å². The second-order valence-corrected chi connectivity index (χ2v) is 6.89. The highest BCUT2D eigenvalue weighted by molar-refractivity contribution is 7.90. The Kier molecular flexibility index (Phi) is 5.93. The number of hydrogen-bond acceptors (Lipinski definition) is 6. The molecule has 0 spiro atoms. The molecule has 0 atom stereocenters. The van der Waals surface area contributed by atoms with Crippen molar-refractivity contribution in [1.29, 1.82) is 0 Å². The lowest BCUT2D eigenvalue weighted by molar-refractivity contribution is -0.697. The van der Waals surface area contributed by atoms with Gasteiger partial charge in [-0.2, -0.15) is 4.37 Å². The first kappa shape index (κ1) is 17.7. The number of sulfone groups is 1. The van der Waals surface area contributed by atoms with Crippen LogP contribution in [0.3, 0.4) is 0 Å². The molecule has 0 amide bonds. The van der Waals surface area contributed by atoms with Crippen molar-refractivity contribution in [2.45, 2.75) is 17.9 Å². The minimum atomic E-state index is -3.45. The number of hydrogen-bond donors (Lipinski definition) is 1. The van der Waals surface area contributed by atoms with Crippen LogP contribution >= 0.6 is 11.5 Å². The zero-order chi connectivity index (χ0) is 14.8. The van der Waals surface area contributed by atoms with Crippen molar-refractivity contribution in [2.24, 2.45) is 0 Å². The summed E-state index contributed by atoms with van der Waals surface area (Å²) >= 11 is 1.10. The van der Waals surface area contributed by atoms with Gasteiger partial charge in [-0.3, -0.25) is 4.79 Å². The fourth-order valence-electron chi connectivity index (χ4n) is 1.64. The number of carboxylic acids is 1. The van der Waals surface area contributed by atoms with E-state index in [0.29, 0.717) is 10.6 Å². The van der Waals surface area contributed by atoms with E-state index in [1.807, 2.05) is 0 Å². The molecule has 0 bridgehead atoms. The lowest BCUT2D eigenvalue weighted by Gasteiger charge is -2.04. The number of aromatic nitrogens is 3. The van der Waals surface area contributed by atoms with Gasteiger partial charge in [-0.1, -0.05) is 0 Å². The SMILES string of the molecule is CS(=O)(=O)c1c[n+](CCC(=O)O)ccc1-c1ncns1.[Br-]. The molecular formula is C11H12BrN3O4S2. The summed E-state index contributed by atoms with van der Waals surface area (Å²) in [5, 5.41) is 9.17. The van der Waals surface area contributed by atoms with E-state index in [1.54, 1.807) is 12.3 Å². The van der Waals surface area contributed by atoms with Crippen molar-refractivity contribution >= 4 is 27.3 Å². The van der Waals surface area contributed by atoms with Crippen molar-refractivity contribution in [2.75, 3.05) is 6.26 Å². The zero-order valence-electron chi connectivity index (χ0n) is 10.9. The maximum Gasteiger partial charge on any atom is 0.309 e. The number of halogens is 1. The molecule has 114 valence electrons. The smallest absolute Gasteiger partial charge is 0.309 e. The molecule has 0 aliphatic rings. The van der Waals surface area contributed by atoms with Crippen LogP contribution in [-0.2, 0) is 21.2 Å². The number of carboxylic acid groups (broad SMARTS) is 1. The molecule has 10 heteroatoms. The van der Waals surface area contributed by atoms with Gasteiger partial charge in [-0.15, -0.1) is 0 Å². The van der Waals surface area contributed by atoms with Gasteiger partial charge in [0.05, 0.1) is 0 Å². The maximum atomic E-state index is 11.9. The molecule has 2 aromatic heterocycles. The van der Waals surface area contributed by atoms with Crippen LogP contribution in [0, 0.1) is 0 Å².